The number of rotatable bonds is 14. The molecule has 0 amide bonds. The first-order chi connectivity index (χ1) is 10.0. The first-order valence-corrected chi connectivity index (χ1v) is 8.10. The zero-order valence-corrected chi connectivity index (χ0v) is 13.1. The Balaban J connectivity index is 3.76. The lowest BCUT2D eigenvalue weighted by molar-refractivity contribution is -0.150. The number of Topliss-reactive ketones (excluding diaryl/α,β-unsaturated/α-hetero) is 1. The summed E-state index contributed by atoms with van der Waals surface area (Å²) in [5.41, 5.74) is 0. The normalized spacial score (nSPS) is 13.9. The molecule has 0 aliphatic carbocycles. The van der Waals surface area contributed by atoms with Crippen LogP contribution in [0.3, 0.4) is 0 Å². The third-order valence-corrected chi connectivity index (χ3v) is 3.74. The van der Waals surface area contributed by atoms with Crippen LogP contribution in [0.2, 0.25) is 0 Å². The maximum absolute atomic E-state index is 11.6. The number of carboxylic acids is 1. The Bertz CT molecular complexity index is 290. The molecule has 5 nitrogen and oxygen atoms in total. The van der Waals surface area contributed by atoms with E-state index < -0.39 is 30.4 Å². The molecule has 0 rings (SSSR count). The summed E-state index contributed by atoms with van der Waals surface area (Å²) < 4.78 is 0. The van der Waals surface area contributed by atoms with Crippen molar-refractivity contribution in [3.8, 4) is 0 Å². The van der Waals surface area contributed by atoms with Gasteiger partial charge in [0, 0.05) is 0 Å². The summed E-state index contributed by atoms with van der Waals surface area (Å²) in [5.74, 6) is -3.20. The van der Waals surface area contributed by atoms with Crippen LogP contribution in [0.5, 0.6) is 0 Å². The quantitative estimate of drug-likeness (QED) is 0.338. The van der Waals surface area contributed by atoms with Gasteiger partial charge in [-0.15, -0.1) is 0 Å². The fourth-order valence-corrected chi connectivity index (χ4v) is 2.37. The van der Waals surface area contributed by atoms with Gasteiger partial charge >= 0.3 is 5.97 Å². The van der Waals surface area contributed by atoms with E-state index in [1.165, 1.54) is 32.1 Å². The summed E-state index contributed by atoms with van der Waals surface area (Å²) in [4.78, 5) is 22.6. The number of unbranched alkanes of at least 4 members (excludes halogenated alkanes) is 8. The largest absolute Gasteiger partial charge is 0.481 e. The highest BCUT2D eigenvalue weighted by Crippen LogP contribution is 2.16. The average molecular weight is 302 g/mol. The molecule has 21 heavy (non-hydrogen) atoms. The minimum absolute atomic E-state index is 0.237. The number of ketones is 1. The predicted octanol–water partition coefficient (Wildman–Crippen LogP) is 2.53. The molecule has 0 spiro atoms. The summed E-state index contributed by atoms with van der Waals surface area (Å²) in [6.07, 6.45) is 8.70. The first-order valence-electron chi connectivity index (χ1n) is 8.10. The zero-order valence-electron chi connectivity index (χ0n) is 13.1. The molecule has 5 heteroatoms. The molecule has 0 aliphatic heterocycles. The topological polar surface area (TPSA) is 94.8 Å². The molecule has 0 aromatic heterocycles. The number of carboxylic acid groups (broad SMARTS) is 1. The summed E-state index contributed by atoms with van der Waals surface area (Å²) in [7, 11) is 0. The predicted molar refractivity (Wildman–Crippen MR) is 81.1 cm³/mol. The lowest BCUT2D eigenvalue weighted by Crippen LogP contribution is -2.35. The van der Waals surface area contributed by atoms with E-state index in [0.717, 1.165) is 19.3 Å². The van der Waals surface area contributed by atoms with Crippen molar-refractivity contribution in [2.24, 2.45) is 5.92 Å². The van der Waals surface area contributed by atoms with Crippen LogP contribution < -0.4 is 0 Å². The van der Waals surface area contributed by atoms with Gasteiger partial charge in [-0.05, 0) is 6.42 Å². The van der Waals surface area contributed by atoms with E-state index in [-0.39, 0.29) is 6.42 Å². The van der Waals surface area contributed by atoms with Gasteiger partial charge in [0.25, 0.3) is 0 Å². The number of aliphatic carboxylic acids is 1. The van der Waals surface area contributed by atoms with Crippen LogP contribution in [-0.2, 0) is 9.59 Å². The Hall–Kier alpha value is -0.940. The number of carbonyl (C=O) groups is 2. The molecule has 0 heterocycles. The molecule has 0 saturated carbocycles. The van der Waals surface area contributed by atoms with Gasteiger partial charge in [-0.1, -0.05) is 64.7 Å². The van der Waals surface area contributed by atoms with Gasteiger partial charge in [0.05, 0.1) is 6.61 Å². The SMILES string of the molecule is CCCCCCCCCCCC(C(=O)O)C(=O)C(O)CO. The van der Waals surface area contributed by atoms with E-state index in [2.05, 4.69) is 6.92 Å². The number of carbonyl (C=O) groups excluding carboxylic acids is 1. The van der Waals surface area contributed by atoms with Crippen molar-refractivity contribution in [3.63, 3.8) is 0 Å². The van der Waals surface area contributed by atoms with Crippen LogP contribution in [0.1, 0.15) is 71.1 Å². The lowest BCUT2D eigenvalue weighted by atomic mass is 9.93. The van der Waals surface area contributed by atoms with Crippen LogP contribution >= 0.6 is 0 Å². The molecule has 2 unspecified atom stereocenters. The molecule has 0 fully saturated rings. The van der Waals surface area contributed by atoms with E-state index in [0.29, 0.717) is 6.42 Å². The van der Waals surface area contributed by atoms with E-state index in [1.54, 1.807) is 0 Å². The van der Waals surface area contributed by atoms with Crippen molar-refractivity contribution >= 4 is 11.8 Å². The minimum Gasteiger partial charge on any atom is -0.481 e. The molecular weight excluding hydrogens is 272 g/mol. The van der Waals surface area contributed by atoms with Crippen LogP contribution in [0.4, 0.5) is 0 Å². The Morgan fingerprint density at radius 2 is 1.38 bits per heavy atom. The third kappa shape index (κ3) is 9.58. The highest BCUT2D eigenvalue weighted by Gasteiger charge is 2.30. The van der Waals surface area contributed by atoms with E-state index in [1.807, 2.05) is 0 Å². The summed E-state index contributed by atoms with van der Waals surface area (Å²) >= 11 is 0. The minimum atomic E-state index is -1.58. The monoisotopic (exact) mass is 302 g/mol. The van der Waals surface area contributed by atoms with Gasteiger partial charge in [-0.3, -0.25) is 9.59 Å². The molecule has 0 radical (unpaired) electrons. The zero-order chi connectivity index (χ0) is 16.1. The van der Waals surface area contributed by atoms with Gasteiger partial charge in [-0.25, -0.2) is 0 Å². The molecule has 3 N–H and O–H groups in total. The second-order valence-corrected chi connectivity index (χ2v) is 5.61. The molecule has 0 aliphatic rings. The summed E-state index contributed by atoms with van der Waals surface area (Å²) in [5, 5.41) is 26.9. The number of hydrogen-bond donors (Lipinski definition) is 3. The van der Waals surface area contributed by atoms with Gasteiger partial charge in [0.2, 0.25) is 0 Å². The van der Waals surface area contributed by atoms with Crippen molar-refractivity contribution in [2.45, 2.75) is 77.2 Å². The fourth-order valence-electron chi connectivity index (χ4n) is 2.37. The highest BCUT2D eigenvalue weighted by atomic mass is 16.4. The van der Waals surface area contributed by atoms with E-state index in [9.17, 15) is 14.7 Å². The Labute approximate surface area is 127 Å². The molecule has 0 bridgehead atoms. The Kier molecular flexibility index (Phi) is 12.2. The smallest absolute Gasteiger partial charge is 0.314 e. The Morgan fingerprint density at radius 3 is 1.81 bits per heavy atom. The summed E-state index contributed by atoms with van der Waals surface area (Å²) in [6.45, 7) is 1.47. The first kappa shape index (κ1) is 20.1. The lowest BCUT2D eigenvalue weighted by Gasteiger charge is -2.14. The van der Waals surface area contributed by atoms with Gasteiger partial charge in [0.15, 0.2) is 5.78 Å². The van der Waals surface area contributed by atoms with Crippen LogP contribution in [0, 0.1) is 5.92 Å². The van der Waals surface area contributed by atoms with Gasteiger partial charge < -0.3 is 15.3 Å². The molecule has 0 saturated heterocycles. The van der Waals surface area contributed by atoms with Crippen molar-refractivity contribution < 1.29 is 24.9 Å². The summed E-state index contributed by atoms with van der Waals surface area (Å²) in [6, 6.07) is 0. The fraction of sp³-hybridized carbons (Fsp3) is 0.875. The second-order valence-electron chi connectivity index (χ2n) is 5.61. The average Bonchev–Trinajstić information content (AvgIpc) is 2.47. The van der Waals surface area contributed by atoms with Gasteiger partial charge in [-0.2, -0.15) is 0 Å². The maximum Gasteiger partial charge on any atom is 0.314 e. The van der Waals surface area contributed by atoms with Crippen molar-refractivity contribution in [1.29, 1.82) is 0 Å². The molecular formula is C16H30O5. The van der Waals surface area contributed by atoms with Crippen molar-refractivity contribution in [1.82, 2.24) is 0 Å². The van der Waals surface area contributed by atoms with Crippen molar-refractivity contribution in [3.05, 3.63) is 0 Å². The molecule has 0 aromatic rings. The molecule has 2 atom stereocenters. The molecule has 124 valence electrons. The maximum atomic E-state index is 11.6. The second kappa shape index (κ2) is 12.8. The number of hydrogen-bond acceptors (Lipinski definition) is 4. The van der Waals surface area contributed by atoms with E-state index >= 15 is 0 Å². The standard InChI is InChI=1S/C16H30O5/c1-2-3-4-5-6-7-8-9-10-11-13(16(20)21)15(19)14(18)12-17/h13-14,17-18H,2-12H2,1H3,(H,20,21). The van der Waals surface area contributed by atoms with Crippen LogP contribution in [-0.4, -0.2) is 39.8 Å². The van der Waals surface area contributed by atoms with Crippen LogP contribution in [0.25, 0.3) is 0 Å². The van der Waals surface area contributed by atoms with Crippen LogP contribution in [0.15, 0.2) is 0 Å². The Morgan fingerprint density at radius 1 is 0.905 bits per heavy atom. The van der Waals surface area contributed by atoms with Gasteiger partial charge in [0.1, 0.15) is 12.0 Å². The number of aliphatic hydroxyl groups is 2. The number of aliphatic hydroxyl groups excluding tert-OH is 2. The molecule has 0 aromatic carbocycles. The third-order valence-electron chi connectivity index (χ3n) is 3.74. The van der Waals surface area contributed by atoms with E-state index in [4.69, 9.17) is 10.2 Å². The van der Waals surface area contributed by atoms with Crippen molar-refractivity contribution in [2.75, 3.05) is 6.61 Å². The highest BCUT2D eigenvalue weighted by molar-refractivity contribution is 6.00.